The lowest BCUT2D eigenvalue weighted by Crippen LogP contribution is -2.16. The second kappa shape index (κ2) is 10.00. The van der Waals surface area contributed by atoms with Gasteiger partial charge in [0, 0.05) is 17.7 Å². The lowest BCUT2D eigenvalue weighted by molar-refractivity contribution is 0.295. The normalized spacial score (nSPS) is 21.5. The van der Waals surface area contributed by atoms with E-state index in [-0.39, 0.29) is 5.95 Å². The molecule has 1 aliphatic carbocycles. The van der Waals surface area contributed by atoms with E-state index in [0.717, 1.165) is 50.3 Å². The summed E-state index contributed by atoms with van der Waals surface area (Å²) in [6.07, 6.45) is 16.0. The first kappa shape index (κ1) is 18.4. The van der Waals surface area contributed by atoms with E-state index in [1.807, 2.05) is 0 Å². The zero-order chi connectivity index (χ0) is 16.5. The number of unbranched alkanes of at least 4 members (excludes halogenated alkanes) is 4. The average Bonchev–Trinajstić information content (AvgIpc) is 2.57. The molecule has 1 aromatic heterocycles. The first-order valence-corrected chi connectivity index (χ1v) is 9.75. The fourth-order valence-corrected chi connectivity index (χ4v) is 3.72. The van der Waals surface area contributed by atoms with Gasteiger partial charge in [-0.3, -0.25) is 0 Å². The van der Waals surface area contributed by atoms with Gasteiger partial charge in [-0.1, -0.05) is 52.4 Å². The molecule has 1 saturated carbocycles. The summed E-state index contributed by atoms with van der Waals surface area (Å²) in [6.45, 7) is 4.42. The Balaban J connectivity index is 1.82. The fraction of sp³-hybridized carbons (Fsp3) is 0.800. The minimum absolute atomic E-state index is 0.281. The maximum atomic E-state index is 14.2. The third-order valence-corrected chi connectivity index (χ3v) is 5.31. The summed E-state index contributed by atoms with van der Waals surface area (Å²) < 4.78 is 14.2. The Morgan fingerprint density at radius 1 is 1.00 bits per heavy atom. The molecule has 1 fully saturated rings. The standard InChI is InChI=1S/C20H33FN2/c1-3-5-7-9-16-11-13-17(14-12-16)20-22-15-18(19(21)23-20)10-8-6-4-2/h15-17H,3-14H2,1-2H3/t16-,17-. The van der Waals surface area contributed by atoms with Crippen LogP contribution in [-0.2, 0) is 6.42 Å². The molecule has 2 rings (SSSR count). The van der Waals surface area contributed by atoms with Crippen LogP contribution in [0.25, 0.3) is 0 Å². The Labute approximate surface area is 141 Å². The predicted molar refractivity (Wildman–Crippen MR) is 94.1 cm³/mol. The summed E-state index contributed by atoms with van der Waals surface area (Å²) in [5.41, 5.74) is 0.690. The predicted octanol–water partition coefficient (Wildman–Crippen LogP) is 6.20. The molecule has 1 heterocycles. The minimum Gasteiger partial charge on any atom is -0.241 e. The van der Waals surface area contributed by atoms with E-state index in [2.05, 4.69) is 23.8 Å². The van der Waals surface area contributed by atoms with Crippen molar-refractivity contribution in [2.45, 2.75) is 96.8 Å². The highest BCUT2D eigenvalue weighted by atomic mass is 19.1. The molecule has 0 saturated heterocycles. The van der Waals surface area contributed by atoms with Crippen molar-refractivity contribution < 1.29 is 4.39 Å². The van der Waals surface area contributed by atoms with Crippen LogP contribution in [0.1, 0.15) is 102 Å². The van der Waals surface area contributed by atoms with Crippen molar-refractivity contribution in [3.05, 3.63) is 23.5 Å². The van der Waals surface area contributed by atoms with Gasteiger partial charge < -0.3 is 0 Å². The molecule has 0 atom stereocenters. The third-order valence-electron chi connectivity index (χ3n) is 5.31. The monoisotopic (exact) mass is 320 g/mol. The van der Waals surface area contributed by atoms with Gasteiger partial charge in [-0.2, -0.15) is 4.39 Å². The van der Waals surface area contributed by atoms with Crippen molar-refractivity contribution in [3.8, 4) is 0 Å². The Morgan fingerprint density at radius 2 is 1.70 bits per heavy atom. The highest BCUT2D eigenvalue weighted by Gasteiger charge is 2.24. The van der Waals surface area contributed by atoms with E-state index in [9.17, 15) is 4.39 Å². The van der Waals surface area contributed by atoms with Crippen molar-refractivity contribution in [2.24, 2.45) is 5.92 Å². The molecular formula is C20H33FN2. The van der Waals surface area contributed by atoms with Gasteiger partial charge in [0.15, 0.2) is 0 Å². The third kappa shape index (κ3) is 5.86. The summed E-state index contributed by atoms with van der Waals surface area (Å²) in [7, 11) is 0. The molecule has 0 N–H and O–H groups in total. The van der Waals surface area contributed by atoms with E-state index in [0.29, 0.717) is 11.5 Å². The molecule has 0 spiro atoms. The second-order valence-electron chi connectivity index (χ2n) is 7.21. The summed E-state index contributed by atoms with van der Waals surface area (Å²) in [5.74, 6) is 1.71. The highest BCUT2D eigenvalue weighted by Crippen LogP contribution is 2.36. The number of hydrogen-bond acceptors (Lipinski definition) is 2. The number of nitrogens with zero attached hydrogens (tertiary/aromatic N) is 2. The van der Waals surface area contributed by atoms with Crippen LogP contribution in [0.5, 0.6) is 0 Å². The topological polar surface area (TPSA) is 25.8 Å². The van der Waals surface area contributed by atoms with Crippen LogP contribution in [0.2, 0.25) is 0 Å². The van der Waals surface area contributed by atoms with Crippen LogP contribution in [0.4, 0.5) is 4.39 Å². The van der Waals surface area contributed by atoms with E-state index in [1.165, 1.54) is 38.5 Å². The maximum Gasteiger partial charge on any atom is 0.219 e. The molecule has 1 aliphatic rings. The van der Waals surface area contributed by atoms with Gasteiger partial charge in [-0.25, -0.2) is 9.97 Å². The molecule has 0 aliphatic heterocycles. The Morgan fingerprint density at radius 3 is 2.35 bits per heavy atom. The van der Waals surface area contributed by atoms with E-state index < -0.39 is 0 Å². The number of rotatable bonds is 9. The van der Waals surface area contributed by atoms with Crippen LogP contribution < -0.4 is 0 Å². The molecular weight excluding hydrogens is 287 g/mol. The first-order chi connectivity index (χ1) is 11.2. The van der Waals surface area contributed by atoms with E-state index >= 15 is 0 Å². The number of halogens is 1. The minimum atomic E-state index is -0.281. The van der Waals surface area contributed by atoms with Crippen molar-refractivity contribution in [1.82, 2.24) is 9.97 Å². The highest BCUT2D eigenvalue weighted by molar-refractivity contribution is 5.10. The maximum absolute atomic E-state index is 14.2. The number of aryl methyl sites for hydroxylation is 1. The molecule has 1 aromatic rings. The molecule has 130 valence electrons. The lowest BCUT2D eigenvalue weighted by Gasteiger charge is -2.27. The molecule has 23 heavy (non-hydrogen) atoms. The number of aromatic nitrogens is 2. The van der Waals surface area contributed by atoms with Crippen LogP contribution in [0.3, 0.4) is 0 Å². The zero-order valence-electron chi connectivity index (χ0n) is 15.0. The molecule has 0 bridgehead atoms. The summed E-state index contributed by atoms with van der Waals surface area (Å²) in [6, 6.07) is 0. The van der Waals surface area contributed by atoms with E-state index in [4.69, 9.17) is 0 Å². The van der Waals surface area contributed by atoms with Gasteiger partial charge in [-0.15, -0.1) is 0 Å². The summed E-state index contributed by atoms with van der Waals surface area (Å²) in [4.78, 5) is 8.69. The number of hydrogen-bond donors (Lipinski definition) is 0. The van der Waals surface area contributed by atoms with Crippen LogP contribution in [-0.4, -0.2) is 9.97 Å². The Bertz CT molecular complexity index is 453. The van der Waals surface area contributed by atoms with Crippen LogP contribution >= 0.6 is 0 Å². The van der Waals surface area contributed by atoms with Gasteiger partial charge in [-0.05, 0) is 44.4 Å². The van der Waals surface area contributed by atoms with Crippen LogP contribution in [0.15, 0.2) is 6.20 Å². The molecule has 3 heteroatoms. The van der Waals surface area contributed by atoms with Crippen molar-refractivity contribution >= 4 is 0 Å². The second-order valence-corrected chi connectivity index (χ2v) is 7.21. The average molecular weight is 320 g/mol. The van der Waals surface area contributed by atoms with E-state index in [1.54, 1.807) is 6.20 Å². The summed E-state index contributed by atoms with van der Waals surface area (Å²) in [5, 5.41) is 0. The van der Waals surface area contributed by atoms with Gasteiger partial charge in [0.2, 0.25) is 5.95 Å². The fourth-order valence-electron chi connectivity index (χ4n) is 3.72. The van der Waals surface area contributed by atoms with Gasteiger partial charge >= 0.3 is 0 Å². The molecule has 0 aromatic carbocycles. The molecule has 2 nitrogen and oxygen atoms in total. The zero-order valence-corrected chi connectivity index (χ0v) is 15.0. The van der Waals surface area contributed by atoms with Gasteiger partial charge in [0.1, 0.15) is 5.82 Å². The van der Waals surface area contributed by atoms with Crippen LogP contribution in [0, 0.1) is 11.9 Å². The van der Waals surface area contributed by atoms with Gasteiger partial charge in [0.25, 0.3) is 0 Å². The van der Waals surface area contributed by atoms with Crippen molar-refractivity contribution in [1.29, 1.82) is 0 Å². The molecule has 0 unspecified atom stereocenters. The molecule has 0 radical (unpaired) electrons. The quantitative estimate of drug-likeness (QED) is 0.400. The lowest BCUT2D eigenvalue weighted by atomic mass is 9.79. The smallest absolute Gasteiger partial charge is 0.219 e. The Kier molecular flexibility index (Phi) is 7.98. The Hall–Kier alpha value is -0.990. The van der Waals surface area contributed by atoms with Gasteiger partial charge in [0.05, 0.1) is 0 Å². The largest absolute Gasteiger partial charge is 0.241 e. The first-order valence-electron chi connectivity index (χ1n) is 9.75. The molecule has 0 amide bonds. The summed E-state index contributed by atoms with van der Waals surface area (Å²) >= 11 is 0. The SMILES string of the molecule is CCCCCc1cnc([C@H]2CC[C@H](CCCCC)CC2)nc1F. The van der Waals surface area contributed by atoms with Crippen molar-refractivity contribution in [3.63, 3.8) is 0 Å². The van der Waals surface area contributed by atoms with Crippen molar-refractivity contribution in [2.75, 3.05) is 0 Å².